The monoisotopic (exact) mass is 114 g/mol. The van der Waals surface area contributed by atoms with Gasteiger partial charge in [0.05, 0.1) is 6.73 Å². The van der Waals surface area contributed by atoms with Crippen molar-refractivity contribution in [2.75, 3.05) is 19.8 Å². The van der Waals surface area contributed by atoms with E-state index in [1.165, 1.54) is 0 Å². The average Bonchev–Trinajstić information content (AvgIpc) is 1.90. The zero-order valence-electron chi connectivity index (χ0n) is 5.01. The molecule has 0 aromatic carbocycles. The van der Waals surface area contributed by atoms with Crippen LogP contribution in [0.3, 0.4) is 0 Å². The van der Waals surface area contributed by atoms with Crippen LogP contribution in [0.5, 0.6) is 0 Å². The first kappa shape index (κ1) is 6.05. The lowest BCUT2D eigenvalue weighted by Gasteiger charge is -2.23. The molecule has 2 nitrogen and oxygen atoms in total. The van der Waals surface area contributed by atoms with Gasteiger partial charge >= 0.3 is 0 Å². The van der Waals surface area contributed by atoms with Gasteiger partial charge in [-0.05, 0) is 19.3 Å². The first-order valence-electron chi connectivity index (χ1n) is 3.08. The Balaban J connectivity index is 2.13. The molecule has 0 spiro atoms. The van der Waals surface area contributed by atoms with E-state index in [0.29, 0.717) is 0 Å². The molecular formula is C6H12NO. The third kappa shape index (κ3) is 1.46. The van der Waals surface area contributed by atoms with E-state index in [1.807, 2.05) is 4.90 Å². The average molecular weight is 114 g/mol. The molecule has 0 aromatic rings. The zero-order chi connectivity index (χ0) is 5.82. The number of nitrogens with zero attached hydrogens (tertiary/aromatic N) is 1. The number of hydrogen-bond donors (Lipinski definition) is 1. The van der Waals surface area contributed by atoms with E-state index in [-0.39, 0.29) is 6.73 Å². The van der Waals surface area contributed by atoms with Crippen LogP contribution in [0.1, 0.15) is 12.8 Å². The number of rotatable bonds is 1. The van der Waals surface area contributed by atoms with Gasteiger partial charge in [-0.1, -0.05) is 0 Å². The first-order valence-corrected chi connectivity index (χ1v) is 3.08. The third-order valence-corrected chi connectivity index (χ3v) is 1.50. The normalized spacial score (nSPS) is 23.6. The van der Waals surface area contributed by atoms with E-state index in [9.17, 15) is 0 Å². The number of aliphatic hydroxyl groups excluding tert-OH is 1. The van der Waals surface area contributed by atoms with Gasteiger partial charge in [-0.25, -0.2) is 0 Å². The lowest BCUT2D eigenvalue weighted by Crippen LogP contribution is -2.30. The highest BCUT2D eigenvalue weighted by molar-refractivity contribution is 4.74. The molecule has 1 fully saturated rings. The highest BCUT2D eigenvalue weighted by atomic mass is 16.3. The van der Waals surface area contributed by atoms with Gasteiger partial charge in [0.2, 0.25) is 0 Å². The Morgan fingerprint density at radius 2 is 2.00 bits per heavy atom. The van der Waals surface area contributed by atoms with E-state index < -0.39 is 0 Å². The van der Waals surface area contributed by atoms with Gasteiger partial charge in [0.15, 0.2) is 0 Å². The summed E-state index contributed by atoms with van der Waals surface area (Å²) in [4.78, 5) is 2.04. The summed E-state index contributed by atoms with van der Waals surface area (Å²) in [6.45, 7) is 2.31. The predicted octanol–water partition coefficient (Wildman–Crippen LogP) is 0.236. The molecule has 1 radical (unpaired) electrons. The molecule has 0 aromatic heterocycles. The molecular weight excluding hydrogens is 102 g/mol. The minimum atomic E-state index is 0.230. The van der Waals surface area contributed by atoms with Crippen molar-refractivity contribution in [3.8, 4) is 0 Å². The fourth-order valence-electron chi connectivity index (χ4n) is 0.945. The fraction of sp³-hybridized carbons (Fsp3) is 0.833. The molecule has 1 N–H and O–H groups in total. The van der Waals surface area contributed by atoms with Crippen LogP contribution >= 0.6 is 0 Å². The first-order chi connectivity index (χ1) is 3.93. The highest BCUT2D eigenvalue weighted by Gasteiger charge is 2.06. The molecule has 0 unspecified atom stereocenters. The van der Waals surface area contributed by atoms with Gasteiger partial charge in [-0.2, -0.15) is 0 Å². The van der Waals surface area contributed by atoms with Gasteiger partial charge in [0.25, 0.3) is 0 Å². The fourth-order valence-corrected chi connectivity index (χ4v) is 0.945. The van der Waals surface area contributed by atoms with Crippen LogP contribution in [-0.4, -0.2) is 29.8 Å². The van der Waals surface area contributed by atoms with Gasteiger partial charge in [-0.3, -0.25) is 4.90 Å². The van der Waals surface area contributed by atoms with Crippen molar-refractivity contribution in [3.63, 3.8) is 0 Å². The van der Waals surface area contributed by atoms with Crippen LogP contribution in [-0.2, 0) is 0 Å². The molecule has 0 atom stereocenters. The smallest absolute Gasteiger partial charge is 0.0956 e. The minimum Gasteiger partial charge on any atom is -0.381 e. The summed E-state index contributed by atoms with van der Waals surface area (Å²) in [7, 11) is 0. The van der Waals surface area contributed by atoms with Crippen LogP contribution in [0.25, 0.3) is 0 Å². The van der Waals surface area contributed by atoms with Crippen molar-refractivity contribution < 1.29 is 5.11 Å². The SMILES string of the molecule is OCN1CC[CH]CC1. The van der Waals surface area contributed by atoms with Crippen molar-refractivity contribution >= 4 is 0 Å². The molecule has 0 amide bonds. The number of likely N-dealkylation sites (tertiary alicyclic amines) is 1. The number of hydrogen-bond acceptors (Lipinski definition) is 2. The van der Waals surface area contributed by atoms with E-state index in [0.717, 1.165) is 25.9 Å². The molecule has 2 heteroatoms. The summed E-state index contributed by atoms with van der Waals surface area (Å²) >= 11 is 0. The minimum absolute atomic E-state index is 0.230. The van der Waals surface area contributed by atoms with Crippen molar-refractivity contribution in [2.24, 2.45) is 0 Å². The third-order valence-electron chi connectivity index (χ3n) is 1.50. The van der Waals surface area contributed by atoms with Crippen molar-refractivity contribution in [1.82, 2.24) is 4.90 Å². The Hall–Kier alpha value is -0.0800. The zero-order valence-corrected chi connectivity index (χ0v) is 5.01. The van der Waals surface area contributed by atoms with Crippen molar-refractivity contribution in [3.05, 3.63) is 6.42 Å². The lowest BCUT2D eigenvalue weighted by atomic mass is 10.1. The molecule has 1 aliphatic rings. The van der Waals surface area contributed by atoms with Crippen LogP contribution in [0.15, 0.2) is 0 Å². The predicted molar refractivity (Wildman–Crippen MR) is 32.2 cm³/mol. The van der Waals surface area contributed by atoms with Crippen LogP contribution in [0.2, 0.25) is 0 Å². The molecule has 47 valence electrons. The second-order valence-electron chi connectivity index (χ2n) is 2.13. The maximum atomic E-state index is 8.60. The quantitative estimate of drug-likeness (QED) is 0.527. The van der Waals surface area contributed by atoms with Crippen LogP contribution in [0, 0.1) is 6.42 Å². The molecule has 0 aliphatic carbocycles. The van der Waals surface area contributed by atoms with Gasteiger partial charge in [-0.15, -0.1) is 0 Å². The summed E-state index contributed by atoms with van der Waals surface area (Å²) in [6.07, 6.45) is 4.55. The summed E-state index contributed by atoms with van der Waals surface area (Å²) in [6, 6.07) is 0. The highest BCUT2D eigenvalue weighted by Crippen LogP contribution is 2.05. The van der Waals surface area contributed by atoms with Crippen LogP contribution in [0.4, 0.5) is 0 Å². The second kappa shape index (κ2) is 3.05. The molecule has 0 saturated carbocycles. The molecule has 0 bridgehead atoms. The lowest BCUT2D eigenvalue weighted by molar-refractivity contribution is 0.0992. The topological polar surface area (TPSA) is 23.5 Å². The van der Waals surface area contributed by atoms with E-state index >= 15 is 0 Å². The number of aliphatic hydroxyl groups is 1. The molecule has 1 aliphatic heterocycles. The summed E-state index contributed by atoms with van der Waals surface area (Å²) in [5, 5.41) is 8.60. The van der Waals surface area contributed by atoms with Gasteiger partial charge in [0.1, 0.15) is 0 Å². The Bertz CT molecular complexity index is 59.5. The van der Waals surface area contributed by atoms with E-state index in [1.54, 1.807) is 0 Å². The number of piperidine rings is 1. The Morgan fingerprint density at radius 1 is 1.38 bits per heavy atom. The molecule has 1 rings (SSSR count). The van der Waals surface area contributed by atoms with Gasteiger partial charge < -0.3 is 5.11 Å². The maximum Gasteiger partial charge on any atom is 0.0956 e. The summed E-state index contributed by atoms with van der Waals surface area (Å²) in [5.74, 6) is 0. The van der Waals surface area contributed by atoms with Crippen molar-refractivity contribution in [1.29, 1.82) is 0 Å². The molecule has 8 heavy (non-hydrogen) atoms. The Kier molecular flexibility index (Phi) is 2.30. The van der Waals surface area contributed by atoms with E-state index in [2.05, 4.69) is 6.42 Å². The van der Waals surface area contributed by atoms with Crippen molar-refractivity contribution in [2.45, 2.75) is 12.8 Å². The van der Waals surface area contributed by atoms with Crippen LogP contribution < -0.4 is 0 Å². The molecule has 1 saturated heterocycles. The van der Waals surface area contributed by atoms with E-state index in [4.69, 9.17) is 5.11 Å². The second-order valence-corrected chi connectivity index (χ2v) is 2.13. The summed E-state index contributed by atoms with van der Waals surface area (Å²) in [5.41, 5.74) is 0. The molecule has 1 heterocycles. The summed E-state index contributed by atoms with van der Waals surface area (Å²) < 4.78 is 0. The largest absolute Gasteiger partial charge is 0.381 e. The maximum absolute atomic E-state index is 8.60. The standard InChI is InChI=1S/C6H12NO/c8-6-7-4-2-1-3-5-7/h1,8H,2-6H2. The van der Waals surface area contributed by atoms with Gasteiger partial charge in [0, 0.05) is 13.1 Å². The Labute approximate surface area is 50.1 Å². The Morgan fingerprint density at radius 3 is 2.38 bits per heavy atom.